The second-order valence-corrected chi connectivity index (χ2v) is 9.21. The van der Waals surface area contributed by atoms with Gasteiger partial charge in [-0.2, -0.15) is 9.78 Å². The molecule has 0 amide bonds. The Bertz CT molecular complexity index is 1490. The summed E-state index contributed by atoms with van der Waals surface area (Å²) in [5.74, 6) is 0.579. The number of anilines is 1. The van der Waals surface area contributed by atoms with E-state index in [1.165, 1.54) is 42.1 Å². The summed E-state index contributed by atoms with van der Waals surface area (Å²) in [5, 5.41) is 8.67. The number of hydrogen-bond donors (Lipinski definition) is 1. The molecule has 2 heterocycles. The van der Waals surface area contributed by atoms with Gasteiger partial charge in [0.25, 0.3) is 15.6 Å². The second kappa shape index (κ2) is 8.72. The summed E-state index contributed by atoms with van der Waals surface area (Å²) in [7, 11) is -2.65. The molecule has 1 N–H and O–H groups in total. The highest BCUT2D eigenvalue weighted by Gasteiger charge is 2.22. The van der Waals surface area contributed by atoms with Crippen LogP contribution in [-0.2, 0) is 10.0 Å². The fourth-order valence-corrected chi connectivity index (χ4v) is 4.75. The lowest BCUT2D eigenvalue weighted by molar-refractivity contribution is 0.392. The van der Waals surface area contributed by atoms with Crippen LogP contribution in [0.25, 0.3) is 16.9 Å². The van der Waals surface area contributed by atoms with Gasteiger partial charge in [-0.15, -0.1) is 0 Å². The van der Waals surface area contributed by atoms with Crippen LogP contribution in [0.2, 0.25) is 5.02 Å². The van der Waals surface area contributed by atoms with Crippen molar-refractivity contribution in [2.24, 2.45) is 0 Å². The van der Waals surface area contributed by atoms with Crippen LogP contribution in [0.4, 0.5) is 5.69 Å². The van der Waals surface area contributed by atoms with Crippen LogP contribution in [0.5, 0.6) is 5.75 Å². The normalized spacial score (nSPS) is 11.4. The van der Waals surface area contributed by atoms with E-state index in [2.05, 4.69) is 15.0 Å². The number of sulfonamides is 1. The van der Waals surface area contributed by atoms with Crippen molar-refractivity contribution in [1.82, 2.24) is 14.9 Å². The summed E-state index contributed by atoms with van der Waals surface area (Å²) in [6, 6.07) is 13.8. The highest BCUT2D eigenvalue weighted by molar-refractivity contribution is 7.92. The van der Waals surface area contributed by atoms with Gasteiger partial charge in [-0.05, 0) is 56.3 Å². The standard InChI is InChI=1S/C22H19ClN4O5S/c1-13-22(14(2)32-25-13)27-21(28)10-8-18(24-27)15-7-9-19(31-3)20(11-15)33(29,30)26-17-6-4-5-16(23)12-17/h4-12,26H,1-3H3. The number of aryl methyl sites for hydroxylation is 2. The molecule has 0 spiro atoms. The molecule has 0 aliphatic carbocycles. The van der Waals surface area contributed by atoms with Gasteiger partial charge in [0, 0.05) is 16.7 Å². The predicted octanol–water partition coefficient (Wildman–Crippen LogP) is 3.97. The van der Waals surface area contributed by atoms with E-state index in [1.54, 1.807) is 38.1 Å². The highest BCUT2D eigenvalue weighted by Crippen LogP contribution is 2.31. The van der Waals surface area contributed by atoms with Crippen LogP contribution < -0.4 is 15.0 Å². The molecule has 33 heavy (non-hydrogen) atoms. The number of aromatic nitrogens is 3. The van der Waals surface area contributed by atoms with Gasteiger partial charge in [0.05, 0.1) is 18.5 Å². The molecule has 2 aromatic carbocycles. The Morgan fingerprint density at radius 2 is 1.88 bits per heavy atom. The number of halogens is 1. The first-order valence-electron chi connectivity index (χ1n) is 9.70. The maximum absolute atomic E-state index is 13.1. The number of methoxy groups -OCH3 is 1. The Morgan fingerprint density at radius 3 is 2.55 bits per heavy atom. The van der Waals surface area contributed by atoms with E-state index in [1.807, 2.05) is 0 Å². The molecule has 11 heteroatoms. The fraction of sp³-hybridized carbons (Fsp3) is 0.136. The van der Waals surface area contributed by atoms with Crippen molar-refractivity contribution in [2.45, 2.75) is 18.7 Å². The molecule has 4 rings (SSSR count). The molecule has 0 aliphatic rings. The first-order chi connectivity index (χ1) is 15.7. The zero-order chi connectivity index (χ0) is 23.8. The third kappa shape index (κ3) is 4.48. The van der Waals surface area contributed by atoms with E-state index in [9.17, 15) is 13.2 Å². The smallest absolute Gasteiger partial charge is 0.271 e. The van der Waals surface area contributed by atoms with Crippen molar-refractivity contribution >= 4 is 27.3 Å². The Hall–Kier alpha value is -3.63. The fourth-order valence-electron chi connectivity index (χ4n) is 3.31. The SMILES string of the molecule is COc1ccc(-c2ccc(=O)n(-c3c(C)noc3C)n2)cc1S(=O)(=O)Nc1cccc(Cl)c1. The first-order valence-corrected chi connectivity index (χ1v) is 11.6. The number of ether oxygens (including phenoxy) is 1. The molecule has 0 saturated heterocycles. The zero-order valence-corrected chi connectivity index (χ0v) is 19.4. The molecule has 0 fully saturated rings. The third-order valence-corrected chi connectivity index (χ3v) is 6.47. The maximum Gasteiger partial charge on any atom is 0.271 e. The second-order valence-electron chi connectivity index (χ2n) is 7.12. The lowest BCUT2D eigenvalue weighted by Gasteiger charge is -2.14. The van der Waals surface area contributed by atoms with Gasteiger partial charge < -0.3 is 9.26 Å². The summed E-state index contributed by atoms with van der Waals surface area (Å²) in [6.45, 7) is 3.38. The highest BCUT2D eigenvalue weighted by atomic mass is 35.5. The van der Waals surface area contributed by atoms with Crippen LogP contribution in [0.15, 0.2) is 68.8 Å². The van der Waals surface area contributed by atoms with Gasteiger partial charge in [0.2, 0.25) is 0 Å². The number of nitrogens with zero attached hydrogens (tertiary/aromatic N) is 3. The third-order valence-electron chi connectivity index (χ3n) is 4.83. The van der Waals surface area contributed by atoms with Crippen molar-refractivity contribution in [3.63, 3.8) is 0 Å². The predicted molar refractivity (Wildman–Crippen MR) is 124 cm³/mol. The van der Waals surface area contributed by atoms with Gasteiger partial charge in [-0.3, -0.25) is 9.52 Å². The van der Waals surface area contributed by atoms with Crippen LogP contribution >= 0.6 is 11.6 Å². The quantitative estimate of drug-likeness (QED) is 0.438. The van der Waals surface area contributed by atoms with E-state index >= 15 is 0 Å². The van der Waals surface area contributed by atoms with Gasteiger partial charge in [0.15, 0.2) is 5.76 Å². The average Bonchev–Trinajstić information content (AvgIpc) is 3.11. The topological polar surface area (TPSA) is 116 Å². The average molecular weight is 487 g/mol. The minimum Gasteiger partial charge on any atom is -0.495 e. The Kier molecular flexibility index (Phi) is 5.96. The van der Waals surface area contributed by atoms with Gasteiger partial charge in [-0.25, -0.2) is 8.42 Å². The molecule has 170 valence electrons. The molecular weight excluding hydrogens is 468 g/mol. The molecule has 0 aliphatic heterocycles. The molecule has 0 unspecified atom stereocenters. The van der Waals surface area contributed by atoms with Gasteiger partial charge in [0.1, 0.15) is 22.0 Å². The number of rotatable bonds is 6. The van der Waals surface area contributed by atoms with Crippen molar-refractivity contribution in [3.8, 4) is 22.7 Å². The molecule has 0 atom stereocenters. The van der Waals surface area contributed by atoms with E-state index in [-0.39, 0.29) is 16.2 Å². The summed E-state index contributed by atoms with van der Waals surface area (Å²) < 4.78 is 40.4. The summed E-state index contributed by atoms with van der Waals surface area (Å²) >= 11 is 5.97. The number of benzene rings is 2. The zero-order valence-electron chi connectivity index (χ0n) is 17.9. The minimum atomic E-state index is -4.03. The Labute approximate surface area is 194 Å². The van der Waals surface area contributed by atoms with Crippen molar-refractivity contribution in [3.05, 3.63) is 81.4 Å². The molecule has 0 saturated carbocycles. The van der Waals surface area contributed by atoms with Crippen molar-refractivity contribution < 1.29 is 17.7 Å². The first kappa shape index (κ1) is 22.6. The van der Waals surface area contributed by atoms with Gasteiger partial charge in [-0.1, -0.05) is 22.8 Å². The molecular formula is C22H19ClN4O5S. The number of hydrogen-bond acceptors (Lipinski definition) is 7. The number of nitrogens with one attached hydrogen (secondary N) is 1. The van der Waals surface area contributed by atoms with Crippen LogP contribution in [-0.4, -0.2) is 30.5 Å². The molecule has 2 aromatic heterocycles. The van der Waals surface area contributed by atoms with Crippen LogP contribution in [0.3, 0.4) is 0 Å². The monoisotopic (exact) mass is 486 g/mol. The lowest BCUT2D eigenvalue weighted by Crippen LogP contribution is -2.21. The Balaban J connectivity index is 1.81. The summed E-state index contributed by atoms with van der Waals surface area (Å²) in [5.41, 5.74) is 1.70. The summed E-state index contributed by atoms with van der Waals surface area (Å²) in [4.78, 5) is 12.4. The van der Waals surface area contributed by atoms with E-state index < -0.39 is 10.0 Å². The Morgan fingerprint density at radius 1 is 1.09 bits per heavy atom. The summed E-state index contributed by atoms with van der Waals surface area (Å²) in [6.07, 6.45) is 0. The minimum absolute atomic E-state index is 0.0978. The molecule has 9 nitrogen and oxygen atoms in total. The molecule has 4 aromatic rings. The van der Waals surface area contributed by atoms with Crippen LogP contribution in [0, 0.1) is 13.8 Å². The van der Waals surface area contributed by atoms with Gasteiger partial charge >= 0.3 is 0 Å². The molecule has 0 bridgehead atoms. The molecule has 0 radical (unpaired) electrons. The van der Waals surface area contributed by atoms with Crippen molar-refractivity contribution in [2.75, 3.05) is 11.8 Å². The van der Waals surface area contributed by atoms with E-state index in [4.69, 9.17) is 20.9 Å². The van der Waals surface area contributed by atoms with Crippen LogP contribution in [0.1, 0.15) is 11.5 Å². The lowest BCUT2D eigenvalue weighted by atomic mass is 10.1. The maximum atomic E-state index is 13.1. The van der Waals surface area contributed by atoms with E-state index in [0.717, 1.165) is 0 Å². The van der Waals surface area contributed by atoms with Crippen molar-refractivity contribution in [1.29, 1.82) is 0 Å². The van der Waals surface area contributed by atoms with E-state index in [0.29, 0.717) is 39.1 Å². The largest absolute Gasteiger partial charge is 0.495 e.